The van der Waals surface area contributed by atoms with E-state index in [-0.39, 0.29) is 0 Å². The van der Waals surface area contributed by atoms with Crippen LogP contribution < -0.4 is 4.90 Å². The lowest BCUT2D eigenvalue weighted by atomic mass is 9.96. The fourth-order valence-electron chi connectivity index (χ4n) is 6.97. The Morgan fingerprint density at radius 1 is 0.417 bits per heavy atom. The van der Waals surface area contributed by atoms with Gasteiger partial charge in [0.1, 0.15) is 5.69 Å². The average molecular weight is 614 g/mol. The predicted molar refractivity (Wildman–Crippen MR) is 201 cm³/mol. The van der Waals surface area contributed by atoms with Gasteiger partial charge < -0.3 is 4.90 Å². The molecule has 0 amide bonds. The average Bonchev–Trinajstić information content (AvgIpc) is 3.57. The van der Waals surface area contributed by atoms with E-state index in [2.05, 4.69) is 197 Å². The lowest BCUT2D eigenvalue weighted by Crippen LogP contribution is -2.10. The molecule has 0 unspecified atom stereocenters. The van der Waals surface area contributed by atoms with Crippen molar-refractivity contribution in [1.82, 2.24) is 9.61 Å². The Hall–Kier alpha value is -6.45. The van der Waals surface area contributed by atoms with Crippen molar-refractivity contribution in [2.75, 3.05) is 4.90 Å². The second-order valence-electron chi connectivity index (χ2n) is 12.1. The van der Waals surface area contributed by atoms with E-state index in [1.54, 1.807) is 0 Å². The van der Waals surface area contributed by atoms with Crippen LogP contribution in [0.2, 0.25) is 0 Å². The first-order valence-electron chi connectivity index (χ1n) is 16.3. The topological polar surface area (TPSA) is 20.5 Å². The molecule has 0 atom stereocenters. The molecule has 0 bridgehead atoms. The van der Waals surface area contributed by atoms with Crippen LogP contribution in [0.3, 0.4) is 0 Å². The van der Waals surface area contributed by atoms with E-state index in [1.807, 2.05) is 0 Å². The van der Waals surface area contributed by atoms with Crippen molar-refractivity contribution in [3.63, 3.8) is 0 Å². The van der Waals surface area contributed by atoms with Gasteiger partial charge in [-0.2, -0.15) is 5.10 Å². The summed E-state index contributed by atoms with van der Waals surface area (Å²) < 4.78 is 2.15. The summed E-state index contributed by atoms with van der Waals surface area (Å²) in [4.78, 5) is 2.37. The van der Waals surface area contributed by atoms with Crippen LogP contribution in [-0.2, 0) is 0 Å². The summed E-state index contributed by atoms with van der Waals surface area (Å²) in [6, 6.07) is 66.8. The predicted octanol–water partition coefficient (Wildman–Crippen LogP) is 12.1. The van der Waals surface area contributed by atoms with Gasteiger partial charge in [0.25, 0.3) is 0 Å². The summed E-state index contributed by atoms with van der Waals surface area (Å²) in [6.45, 7) is 0. The highest BCUT2D eigenvalue weighted by molar-refractivity contribution is 6.10. The molecule has 3 heteroatoms. The number of nitrogens with zero attached hydrogens (tertiary/aromatic N) is 3. The number of aromatic nitrogens is 2. The number of fused-ring (bicyclic) bond motifs is 4. The Labute approximate surface area is 279 Å². The molecule has 3 nitrogen and oxygen atoms in total. The number of pyridine rings is 1. The number of para-hydroxylation sites is 1. The molecular formula is C45H31N3. The van der Waals surface area contributed by atoms with Gasteiger partial charge in [-0.25, -0.2) is 4.52 Å². The molecule has 9 aromatic rings. The van der Waals surface area contributed by atoms with Gasteiger partial charge in [0.15, 0.2) is 0 Å². The second-order valence-corrected chi connectivity index (χ2v) is 12.1. The molecule has 0 aliphatic carbocycles. The number of benzene rings is 7. The molecule has 2 aromatic heterocycles. The zero-order valence-electron chi connectivity index (χ0n) is 26.2. The smallest absolute Gasteiger partial charge is 0.101 e. The van der Waals surface area contributed by atoms with E-state index in [4.69, 9.17) is 5.10 Å². The Balaban J connectivity index is 1.37. The molecule has 0 aliphatic rings. The molecule has 0 saturated heterocycles. The van der Waals surface area contributed by atoms with Crippen LogP contribution in [0.4, 0.5) is 17.1 Å². The van der Waals surface area contributed by atoms with Crippen LogP contribution >= 0.6 is 0 Å². The van der Waals surface area contributed by atoms with Crippen LogP contribution in [0.15, 0.2) is 188 Å². The molecule has 0 saturated carbocycles. The minimum Gasteiger partial charge on any atom is -0.310 e. The Kier molecular flexibility index (Phi) is 6.80. The summed E-state index contributed by atoms with van der Waals surface area (Å²) >= 11 is 0. The van der Waals surface area contributed by atoms with E-state index < -0.39 is 0 Å². The summed E-state index contributed by atoms with van der Waals surface area (Å²) in [7, 11) is 0. The maximum Gasteiger partial charge on any atom is 0.101 e. The van der Waals surface area contributed by atoms with Crippen LogP contribution in [0.1, 0.15) is 0 Å². The molecule has 0 N–H and O–H groups in total. The third kappa shape index (κ3) is 4.72. The molecule has 2 heterocycles. The molecule has 7 aromatic carbocycles. The SMILES string of the molecule is c1ccc(-c2nn3c(-c4ccccc4)cc4cc(N(c5ccccc5)c5cccc6ccccc56)ccc4c3c2-c2ccccc2)cc1. The van der Waals surface area contributed by atoms with E-state index >= 15 is 0 Å². The zero-order chi connectivity index (χ0) is 31.9. The van der Waals surface area contributed by atoms with Crippen LogP contribution in [0.25, 0.3) is 60.7 Å². The number of rotatable bonds is 6. The molecule has 0 fully saturated rings. The van der Waals surface area contributed by atoms with Crippen molar-refractivity contribution in [3.05, 3.63) is 188 Å². The van der Waals surface area contributed by atoms with Gasteiger partial charge in [0.05, 0.1) is 16.9 Å². The third-order valence-corrected chi connectivity index (χ3v) is 9.16. The number of anilines is 3. The van der Waals surface area contributed by atoms with Crippen molar-refractivity contribution >= 4 is 44.1 Å². The van der Waals surface area contributed by atoms with Crippen LogP contribution in [-0.4, -0.2) is 9.61 Å². The normalized spacial score (nSPS) is 11.3. The largest absolute Gasteiger partial charge is 0.310 e. The maximum atomic E-state index is 5.38. The second kappa shape index (κ2) is 11.7. The van der Waals surface area contributed by atoms with Gasteiger partial charge in [0, 0.05) is 38.8 Å². The van der Waals surface area contributed by atoms with Crippen molar-refractivity contribution in [2.24, 2.45) is 0 Å². The number of hydrogen-bond donors (Lipinski definition) is 0. The fourth-order valence-corrected chi connectivity index (χ4v) is 6.97. The van der Waals surface area contributed by atoms with Crippen LogP contribution in [0, 0.1) is 0 Å². The van der Waals surface area contributed by atoms with Gasteiger partial charge in [-0.3, -0.25) is 0 Å². The van der Waals surface area contributed by atoms with Gasteiger partial charge in [0.2, 0.25) is 0 Å². The minimum absolute atomic E-state index is 0.970. The molecular weight excluding hydrogens is 583 g/mol. The molecule has 0 spiro atoms. The van der Waals surface area contributed by atoms with Gasteiger partial charge >= 0.3 is 0 Å². The summed E-state index contributed by atoms with van der Waals surface area (Å²) in [5.41, 5.74) is 10.9. The molecule has 226 valence electrons. The number of hydrogen-bond acceptors (Lipinski definition) is 2. The minimum atomic E-state index is 0.970. The first-order valence-corrected chi connectivity index (χ1v) is 16.3. The van der Waals surface area contributed by atoms with Gasteiger partial charge in [-0.15, -0.1) is 0 Å². The Morgan fingerprint density at radius 3 is 1.75 bits per heavy atom. The van der Waals surface area contributed by atoms with E-state index in [9.17, 15) is 0 Å². The van der Waals surface area contributed by atoms with Crippen molar-refractivity contribution in [1.29, 1.82) is 0 Å². The van der Waals surface area contributed by atoms with Crippen molar-refractivity contribution in [3.8, 4) is 33.6 Å². The van der Waals surface area contributed by atoms with E-state index in [0.29, 0.717) is 0 Å². The highest BCUT2D eigenvalue weighted by Gasteiger charge is 2.23. The Morgan fingerprint density at radius 2 is 1.02 bits per heavy atom. The lowest BCUT2D eigenvalue weighted by Gasteiger charge is -2.27. The third-order valence-electron chi connectivity index (χ3n) is 9.16. The van der Waals surface area contributed by atoms with Crippen molar-refractivity contribution < 1.29 is 0 Å². The fraction of sp³-hybridized carbons (Fsp3) is 0. The summed E-state index contributed by atoms with van der Waals surface area (Å²) in [6.07, 6.45) is 0. The first-order chi connectivity index (χ1) is 23.8. The highest BCUT2D eigenvalue weighted by atomic mass is 15.2. The monoisotopic (exact) mass is 613 g/mol. The molecule has 0 radical (unpaired) electrons. The van der Waals surface area contributed by atoms with Crippen LogP contribution in [0.5, 0.6) is 0 Å². The van der Waals surface area contributed by atoms with E-state index in [0.717, 1.165) is 67.0 Å². The maximum absolute atomic E-state index is 5.38. The zero-order valence-corrected chi connectivity index (χ0v) is 26.2. The lowest BCUT2D eigenvalue weighted by molar-refractivity contribution is 0.979. The highest BCUT2D eigenvalue weighted by Crippen LogP contribution is 2.44. The van der Waals surface area contributed by atoms with Gasteiger partial charge in [-0.1, -0.05) is 152 Å². The standard InChI is InChI=1S/C45H31N3/c1-5-17-33(18-6-1)42-31-36-30-38(47(37-24-11-4-12-25-37)41-27-15-23-32-16-13-14-26-39(32)41)28-29-40(36)45-43(34-19-7-2-8-20-34)44(46-48(42)45)35-21-9-3-10-22-35/h1-31H. The quantitative estimate of drug-likeness (QED) is 0.186. The molecule has 48 heavy (non-hydrogen) atoms. The van der Waals surface area contributed by atoms with Crippen molar-refractivity contribution in [2.45, 2.75) is 0 Å². The van der Waals surface area contributed by atoms with E-state index in [1.165, 1.54) is 10.8 Å². The first kappa shape index (κ1) is 27.8. The molecule has 0 aliphatic heterocycles. The Bertz CT molecular complexity index is 2530. The summed E-state index contributed by atoms with van der Waals surface area (Å²) in [5.74, 6) is 0. The summed E-state index contributed by atoms with van der Waals surface area (Å²) in [5, 5.41) is 10.1. The molecule has 9 rings (SSSR count). The van der Waals surface area contributed by atoms with Gasteiger partial charge in [-0.05, 0) is 52.7 Å².